The lowest BCUT2D eigenvalue weighted by Gasteiger charge is -2.24. The van der Waals surface area contributed by atoms with Crippen LogP contribution in [0.15, 0.2) is 70.4 Å². The molecule has 4 rings (SSSR count). The molecule has 0 fully saturated rings. The minimum Gasteiger partial charge on any atom is -0.497 e. The van der Waals surface area contributed by atoms with Crippen LogP contribution in [0.2, 0.25) is 0 Å². The Morgan fingerprint density at radius 3 is 2.78 bits per heavy atom. The fraction of sp³-hybridized carbons (Fsp3) is 0.273. The van der Waals surface area contributed by atoms with Gasteiger partial charge in [-0.2, -0.15) is 0 Å². The van der Waals surface area contributed by atoms with Gasteiger partial charge in [-0.15, -0.1) is 11.8 Å². The lowest BCUT2D eigenvalue weighted by molar-refractivity contribution is 0.409. The molecule has 5 heteroatoms. The predicted octanol–water partition coefficient (Wildman–Crippen LogP) is 5.54. The van der Waals surface area contributed by atoms with Crippen LogP contribution in [-0.4, -0.2) is 20.8 Å². The smallest absolute Gasteiger partial charge is 0.123 e. The second-order valence-electron chi connectivity index (χ2n) is 6.52. The van der Waals surface area contributed by atoms with E-state index >= 15 is 0 Å². The molecule has 140 valence electrons. The molecule has 1 aromatic heterocycles. The number of para-hydroxylation sites is 1. The number of rotatable bonds is 5. The van der Waals surface area contributed by atoms with Gasteiger partial charge in [0.2, 0.25) is 0 Å². The van der Waals surface area contributed by atoms with Crippen molar-refractivity contribution in [1.82, 2.24) is 0 Å². The number of benzene rings is 2. The number of hydrogen-bond donors (Lipinski definition) is 0. The maximum Gasteiger partial charge on any atom is 0.123 e. The lowest BCUT2D eigenvalue weighted by Crippen LogP contribution is -2.23. The third-order valence-corrected chi connectivity index (χ3v) is 6.23. The highest BCUT2D eigenvalue weighted by molar-refractivity contribution is 7.99. The Kier molecular flexibility index (Phi) is 5.30. The van der Waals surface area contributed by atoms with Gasteiger partial charge >= 0.3 is 0 Å². The first-order valence-electron chi connectivity index (χ1n) is 9.02. The van der Waals surface area contributed by atoms with Crippen molar-refractivity contribution in [2.24, 2.45) is 0 Å². The third-order valence-electron chi connectivity index (χ3n) is 4.88. The van der Waals surface area contributed by atoms with Crippen molar-refractivity contribution in [2.75, 3.05) is 25.7 Å². The second-order valence-corrected chi connectivity index (χ2v) is 7.77. The van der Waals surface area contributed by atoms with Crippen LogP contribution in [0.4, 0.5) is 5.69 Å². The summed E-state index contributed by atoms with van der Waals surface area (Å²) in [5, 5.41) is 0.321. The molecule has 0 saturated carbocycles. The molecule has 0 aliphatic carbocycles. The van der Waals surface area contributed by atoms with E-state index in [1.165, 1.54) is 21.7 Å². The molecular formula is C22H23NO3S. The highest BCUT2D eigenvalue weighted by atomic mass is 32.2. The summed E-state index contributed by atoms with van der Waals surface area (Å²) in [5.74, 6) is 1.83. The standard InChI is InChI=1S/C22H23NO3S/c1-24-17-7-8-19-22(13-17)27-21(18-5-3-4-6-20(18)25-2)9-11-23(19)14-16-10-12-26-15-16/h3-8,10,12-13,15,21H,9,11,14H2,1-2H3/t21-/m1/s1. The van der Waals surface area contributed by atoms with Gasteiger partial charge in [0.25, 0.3) is 0 Å². The zero-order valence-electron chi connectivity index (χ0n) is 15.6. The Morgan fingerprint density at radius 1 is 1.11 bits per heavy atom. The van der Waals surface area contributed by atoms with E-state index in [4.69, 9.17) is 13.9 Å². The largest absolute Gasteiger partial charge is 0.497 e. The Bertz CT molecular complexity index is 894. The molecule has 2 aromatic carbocycles. The highest BCUT2D eigenvalue weighted by Crippen LogP contribution is 2.48. The first kappa shape index (κ1) is 17.9. The topological polar surface area (TPSA) is 34.8 Å². The van der Waals surface area contributed by atoms with Gasteiger partial charge in [0, 0.05) is 34.4 Å². The summed E-state index contributed by atoms with van der Waals surface area (Å²) in [6.45, 7) is 1.79. The molecule has 0 bridgehead atoms. The normalized spacial score (nSPS) is 16.5. The van der Waals surface area contributed by atoms with E-state index in [-0.39, 0.29) is 0 Å². The van der Waals surface area contributed by atoms with E-state index in [0.29, 0.717) is 5.25 Å². The molecule has 0 spiro atoms. The Labute approximate surface area is 164 Å². The molecule has 27 heavy (non-hydrogen) atoms. The fourth-order valence-electron chi connectivity index (χ4n) is 3.50. The molecule has 0 radical (unpaired) electrons. The van der Waals surface area contributed by atoms with Gasteiger partial charge in [-0.05, 0) is 36.8 Å². The van der Waals surface area contributed by atoms with Crippen LogP contribution in [0.3, 0.4) is 0 Å². The zero-order chi connectivity index (χ0) is 18.6. The van der Waals surface area contributed by atoms with Crippen molar-refractivity contribution in [3.63, 3.8) is 0 Å². The molecule has 0 amide bonds. The summed E-state index contributed by atoms with van der Waals surface area (Å²) in [6.07, 6.45) is 4.58. The van der Waals surface area contributed by atoms with Crippen molar-refractivity contribution in [3.05, 3.63) is 72.2 Å². The third kappa shape index (κ3) is 3.78. The van der Waals surface area contributed by atoms with Gasteiger partial charge in [-0.1, -0.05) is 18.2 Å². The molecule has 3 aromatic rings. The van der Waals surface area contributed by atoms with Gasteiger partial charge in [0.15, 0.2) is 0 Å². The van der Waals surface area contributed by atoms with E-state index in [9.17, 15) is 0 Å². The lowest BCUT2D eigenvalue weighted by atomic mass is 10.1. The molecule has 4 nitrogen and oxygen atoms in total. The van der Waals surface area contributed by atoms with E-state index in [2.05, 4.69) is 29.2 Å². The molecule has 2 heterocycles. The number of ether oxygens (including phenoxy) is 2. The van der Waals surface area contributed by atoms with Crippen molar-refractivity contribution < 1.29 is 13.9 Å². The molecule has 1 aliphatic heterocycles. The summed E-state index contributed by atoms with van der Waals surface area (Å²) in [4.78, 5) is 3.65. The first-order chi connectivity index (χ1) is 13.3. The minimum absolute atomic E-state index is 0.321. The van der Waals surface area contributed by atoms with Crippen LogP contribution in [0.1, 0.15) is 22.8 Å². The molecule has 0 saturated heterocycles. The molecular weight excluding hydrogens is 358 g/mol. The number of fused-ring (bicyclic) bond motifs is 1. The number of thioether (sulfide) groups is 1. The van der Waals surface area contributed by atoms with Crippen LogP contribution in [0.5, 0.6) is 11.5 Å². The molecule has 0 unspecified atom stereocenters. The van der Waals surface area contributed by atoms with Gasteiger partial charge < -0.3 is 18.8 Å². The Morgan fingerprint density at radius 2 is 2.00 bits per heavy atom. The number of hydrogen-bond acceptors (Lipinski definition) is 5. The summed E-state index contributed by atoms with van der Waals surface area (Å²) >= 11 is 1.88. The highest BCUT2D eigenvalue weighted by Gasteiger charge is 2.26. The maximum absolute atomic E-state index is 5.62. The average molecular weight is 381 g/mol. The van der Waals surface area contributed by atoms with Crippen LogP contribution in [-0.2, 0) is 6.54 Å². The van der Waals surface area contributed by atoms with Crippen molar-refractivity contribution >= 4 is 17.4 Å². The van der Waals surface area contributed by atoms with Crippen LogP contribution in [0.25, 0.3) is 0 Å². The second kappa shape index (κ2) is 8.01. The van der Waals surface area contributed by atoms with Crippen molar-refractivity contribution in [2.45, 2.75) is 23.1 Å². The Balaban J connectivity index is 1.70. The molecule has 0 N–H and O–H groups in total. The summed E-state index contributed by atoms with van der Waals surface area (Å²) in [7, 11) is 3.45. The van der Waals surface area contributed by atoms with Crippen molar-refractivity contribution in [3.8, 4) is 11.5 Å². The van der Waals surface area contributed by atoms with E-state index in [1.54, 1.807) is 20.5 Å². The summed E-state index contributed by atoms with van der Waals surface area (Å²) < 4.78 is 16.4. The minimum atomic E-state index is 0.321. The summed E-state index contributed by atoms with van der Waals surface area (Å²) in [6, 6.07) is 16.7. The zero-order valence-corrected chi connectivity index (χ0v) is 16.4. The number of furan rings is 1. The quantitative estimate of drug-likeness (QED) is 0.580. The number of nitrogens with zero attached hydrogens (tertiary/aromatic N) is 1. The number of anilines is 1. The Hall–Kier alpha value is -2.53. The molecule has 1 aliphatic rings. The maximum atomic E-state index is 5.62. The van der Waals surface area contributed by atoms with Gasteiger partial charge in [-0.3, -0.25) is 0 Å². The predicted molar refractivity (Wildman–Crippen MR) is 109 cm³/mol. The van der Waals surface area contributed by atoms with E-state index < -0.39 is 0 Å². The van der Waals surface area contributed by atoms with Crippen LogP contribution < -0.4 is 14.4 Å². The average Bonchev–Trinajstić information content (AvgIpc) is 3.16. The monoisotopic (exact) mass is 381 g/mol. The molecule has 1 atom stereocenters. The van der Waals surface area contributed by atoms with Crippen molar-refractivity contribution in [1.29, 1.82) is 0 Å². The number of methoxy groups -OCH3 is 2. The van der Waals surface area contributed by atoms with E-state index in [1.807, 2.05) is 42.3 Å². The SMILES string of the molecule is COc1ccc2c(c1)S[C@@H](c1ccccc1OC)CCN2Cc1ccoc1. The first-order valence-corrected chi connectivity index (χ1v) is 9.90. The van der Waals surface area contributed by atoms with E-state index in [0.717, 1.165) is 31.0 Å². The fourth-order valence-corrected chi connectivity index (χ4v) is 4.85. The van der Waals surface area contributed by atoms with Crippen LogP contribution in [0, 0.1) is 0 Å². The summed E-state index contributed by atoms with van der Waals surface area (Å²) in [5.41, 5.74) is 3.65. The van der Waals surface area contributed by atoms with Gasteiger partial charge in [-0.25, -0.2) is 0 Å². The van der Waals surface area contributed by atoms with Gasteiger partial charge in [0.1, 0.15) is 11.5 Å². The van der Waals surface area contributed by atoms with Gasteiger partial charge in [0.05, 0.1) is 32.4 Å². The van der Waals surface area contributed by atoms with Crippen LogP contribution >= 0.6 is 11.8 Å².